The molecule has 82 valence electrons. The second-order valence-electron chi connectivity index (χ2n) is 4.49. The minimum absolute atomic E-state index is 0.0103. The van der Waals surface area contributed by atoms with Crippen LogP contribution in [-0.4, -0.2) is 48.1 Å². The van der Waals surface area contributed by atoms with Gasteiger partial charge in [-0.25, -0.2) is 5.01 Å². The van der Waals surface area contributed by atoms with Crippen LogP contribution in [0, 0.1) is 0 Å². The first-order valence-electron chi connectivity index (χ1n) is 5.43. The largest absolute Gasteiger partial charge is 0.390 e. The smallest absolute Gasteiger partial charge is 0.0826 e. The fourth-order valence-corrected chi connectivity index (χ4v) is 2.53. The van der Waals surface area contributed by atoms with Gasteiger partial charge in [-0.1, -0.05) is 0 Å². The van der Waals surface area contributed by atoms with Gasteiger partial charge < -0.3 is 9.84 Å². The Kier molecular flexibility index (Phi) is 2.79. The maximum Gasteiger partial charge on any atom is 0.0826 e. The first kappa shape index (κ1) is 10.4. The molecule has 0 saturated carbocycles. The van der Waals surface area contributed by atoms with Gasteiger partial charge in [0.05, 0.1) is 17.8 Å². The highest BCUT2D eigenvalue weighted by Crippen LogP contribution is 2.38. The van der Waals surface area contributed by atoms with E-state index in [2.05, 4.69) is 10.4 Å². The van der Waals surface area contributed by atoms with Gasteiger partial charge in [0.2, 0.25) is 0 Å². The van der Waals surface area contributed by atoms with Gasteiger partial charge in [-0.2, -0.15) is 0 Å². The topological polar surface area (TPSA) is 44.7 Å². The van der Waals surface area contributed by atoms with Crippen molar-refractivity contribution in [2.24, 2.45) is 0 Å². The molecule has 0 aliphatic carbocycles. The van der Waals surface area contributed by atoms with E-state index in [1.807, 2.05) is 14.0 Å². The van der Waals surface area contributed by atoms with E-state index in [0.717, 1.165) is 32.4 Å². The highest BCUT2D eigenvalue weighted by Gasteiger charge is 2.45. The predicted molar refractivity (Wildman–Crippen MR) is 53.8 cm³/mol. The number of hydrogen-bond donors (Lipinski definition) is 2. The van der Waals surface area contributed by atoms with Crippen LogP contribution in [0.25, 0.3) is 0 Å². The van der Waals surface area contributed by atoms with Crippen molar-refractivity contribution in [1.82, 2.24) is 10.4 Å². The molecule has 1 spiro atoms. The van der Waals surface area contributed by atoms with Gasteiger partial charge in [-0.3, -0.25) is 5.43 Å². The molecule has 2 aliphatic rings. The zero-order chi connectivity index (χ0) is 10.2. The van der Waals surface area contributed by atoms with Crippen LogP contribution in [0.3, 0.4) is 0 Å². The molecule has 2 saturated heterocycles. The van der Waals surface area contributed by atoms with E-state index in [1.165, 1.54) is 0 Å². The molecule has 0 aromatic carbocycles. The lowest BCUT2D eigenvalue weighted by atomic mass is 9.88. The number of hydrogen-bond acceptors (Lipinski definition) is 4. The van der Waals surface area contributed by atoms with Crippen molar-refractivity contribution in [3.63, 3.8) is 0 Å². The van der Waals surface area contributed by atoms with Gasteiger partial charge in [-0.05, 0) is 26.8 Å². The zero-order valence-electron chi connectivity index (χ0n) is 8.99. The van der Waals surface area contributed by atoms with Gasteiger partial charge >= 0.3 is 0 Å². The van der Waals surface area contributed by atoms with Gasteiger partial charge in [-0.15, -0.1) is 0 Å². The van der Waals surface area contributed by atoms with Crippen molar-refractivity contribution in [2.45, 2.75) is 44.0 Å². The second-order valence-corrected chi connectivity index (χ2v) is 4.49. The van der Waals surface area contributed by atoms with Crippen molar-refractivity contribution in [3.8, 4) is 0 Å². The molecule has 2 heterocycles. The molecule has 4 nitrogen and oxygen atoms in total. The maximum absolute atomic E-state index is 9.68. The predicted octanol–water partition coefficient (Wildman–Crippen LogP) is 0.125. The molecule has 0 aromatic rings. The molecule has 2 aliphatic heterocycles. The number of aliphatic hydroxyl groups is 1. The fraction of sp³-hybridized carbons (Fsp3) is 1.00. The third kappa shape index (κ3) is 1.80. The minimum Gasteiger partial charge on any atom is -0.390 e. The summed E-state index contributed by atoms with van der Waals surface area (Å²) >= 11 is 0. The number of hydrazine groups is 1. The van der Waals surface area contributed by atoms with E-state index in [0.29, 0.717) is 0 Å². The Morgan fingerprint density at radius 1 is 1.43 bits per heavy atom. The van der Waals surface area contributed by atoms with Gasteiger partial charge in [0.15, 0.2) is 0 Å². The van der Waals surface area contributed by atoms with Crippen molar-refractivity contribution >= 4 is 0 Å². The van der Waals surface area contributed by atoms with Gasteiger partial charge in [0, 0.05) is 19.5 Å². The van der Waals surface area contributed by atoms with Crippen LogP contribution in [-0.2, 0) is 4.74 Å². The third-order valence-corrected chi connectivity index (χ3v) is 3.55. The summed E-state index contributed by atoms with van der Waals surface area (Å²) in [6.07, 6.45) is 2.60. The average molecular weight is 200 g/mol. The highest BCUT2D eigenvalue weighted by molar-refractivity contribution is 4.95. The molecule has 4 heteroatoms. The Bertz CT molecular complexity index is 190. The molecule has 2 rings (SSSR count). The number of rotatable bonds is 1. The number of nitrogens with one attached hydrogen (secondary N) is 1. The van der Waals surface area contributed by atoms with Crippen LogP contribution in [0.4, 0.5) is 0 Å². The van der Waals surface area contributed by atoms with Crippen LogP contribution in [0.1, 0.15) is 26.2 Å². The SMILES string of the molecule is CNN1CCC2(CC1)CC(O)C(C)O2. The second kappa shape index (κ2) is 3.77. The molecular weight excluding hydrogens is 180 g/mol. The number of ether oxygens (including phenoxy) is 1. The van der Waals surface area contributed by atoms with E-state index in [9.17, 15) is 5.11 Å². The van der Waals surface area contributed by atoms with Gasteiger partial charge in [0.25, 0.3) is 0 Å². The maximum atomic E-state index is 9.68. The standard InChI is InChI=1S/C10H20N2O2/c1-8-9(13)7-10(14-8)3-5-12(11-2)6-4-10/h8-9,11,13H,3-7H2,1-2H3. The van der Waals surface area contributed by atoms with E-state index < -0.39 is 0 Å². The lowest BCUT2D eigenvalue weighted by molar-refractivity contribution is -0.0816. The van der Waals surface area contributed by atoms with Gasteiger partial charge in [0.1, 0.15) is 0 Å². The summed E-state index contributed by atoms with van der Waals surface area (Å²) < 4.78 is 5.89. The first-order valence-corrected chi connectivity index (χ1v) is 5.43. The summed E-state index contributed by atoms with van der Waals surface area (Å²) in [6, 6.07) is 0. The summed E-state index contributed by atoms with van der Waals surface area (Å²) in [4.78, 5) is 0. The molecule has 0 aromatic heterocycles. The Morgan fingerprint density at radius 2 is 2.07 bits per heavy atom. The summed E-state index contributed by atoms with van der Waals surface area (Å²) in [6.45, 7) is 3.98. The molecule has 2 unspecified atom stereocenters. The summed E-state index contributed by atoms with van der Waals surface area (Å²) in [5.74, 6) is 0. The van der Waals surface area contributed by atoms with Crippen molar-refractivity contribution in [3.05, 3.63) is 0 Å². The van der Waals surface area contributed by atoms with Crippen molar-refractivity contribution in [2.75, 3.05) is 20.1 Å². The van der Waals surface area contributed by atoms with E-state index in [-0.39, 0.29) is 17.8 Å². The average Bonchev–Trinajstić information content (AvgIpc) is 2.44. The summed E-state index contributed by atoms with van der Waals surface area (Å²) in [5, 5.41) is 11.9. The van der Waals surface area contributed by atoms with E-state index in [1.54, 1.807) is 0 Å². The summed E-state index contributed by atoms with van der Waals surface area (Å²) in [5.41, 5.74) is 3.11. The molecule has 14 heavy (non-hydrogen) atoms. The Hall–Kier alpha value is -0.160. The molecule has 0 bridgehead atoms. The van der Waals surface area contributed by atoms with Crippen LogP contribution in [0.5, 0.6) is 0 Å². The molecule has 2 N–H and O–H groups in total. The van der Waals surface area contributed by atoms with Crippen LogP contribution >= 0.6 is 0 Å². The Balaban J connectivity index is 1.94. The molecule has 2 fully saturated rings. The minimum atomic E-state index is -0.267. The monoisotopic (exact) mass is 200 g/mol. The van der Waals surface area contributed by atoms with Crippen molar-refractivity contribution < 1.29 is 9.84 Å². The lowest BCUT2D eigenvalue weighted by Gasteiger charge is -2.38. The molecule has 2 atom stereocenters. The van der Waals surface area contributed by atoms with Crippen molar-refractivity contribution in [1.29, 1.82) is 0 Å². The first-order chi connectivity index (χ1) is 6.65. The quantitative estimate of drug-likeness (QED) is 0.631. The van der Waals surface area contributed by atoms with Crippen LogP contribution in [0.15, 0.2) is 0 Å². The number of piperidine rings is 1. The third-order valence-electron chi connectivity index (χ3n) is 3.55. The molecular formula is C10H20N2O2. The Morgan fingerprint density at radius 3 is 2.50 bits per heavy atom. The number of aliphatic hydroxyl groups excluding tert-OH is 1. The fourth-order valence-electron chi connectivity index (χ4n) is 2.53. The highest BCUT2D eigenvalue weighted by atomic mass is 16.5. The van der Waals surface area contributed by atoms with Crippen LogP contribution in [0.2, 0.25) is 0 Å². The molecule has 0 amide bonds. The number of nitrogens with zero attached hydrogens (tertiary/aromatic N) is 1. The zero-order valence-corrected chi connectivity index (χ0v) is 8.99. The Labute approximate surface area is 85.2 Å². The normalized spacial score (nSPS) is 37.9. The lowest BCUT2D eigenvalue weighted by Crippen LogP contribution is -2.48. The van der Waals surface area contributed by atoms with Crippen LogP contribution < -0.4 is 5.43 Å². The van der Waals surface area contributed by atoms with E-state index >= 15 is 0 Å². The molecule has 0 radical (unpaired) electrons. The van der Waals surface area contributed by atoms with E-state index in [4.69, 9.17) is 4.74 Å². The summed E-state index contributed by atoms with van der Waals surface area (Å²) in [7, 11) is 1.95.